The summed E-state index contributed by atoms with van der Waals surface area (Å²) in [5.41, 5.74) is 3.06. The molecule has 0 spiro atoms. The number of imidazole rings is 1. The Morgan fingerprint density at radius 1 is 1.06 bits per heavy atom. The molecule has 0 unspecified atom stereocenters. The Hall–Kier alpha value is -3.58. The molecule has 0 amide bonds. The van der Waals surface area contributed by atoms with Gasteiger partial charge in [0.25, 0.3) is 5.56 Å². The van der Waals surface area contributed by atoms with Crippen LogP contribution in [0.1, 0.15) is 17.5 Å². The first kappa shape index (κ1) is 21.3. The number of aromatic nitrogens is 4. The van der Waals surface area contributed by atoms with Gasteiger partial charge in [0, 0.05) is 37.4 Å². The zero-order valence-corrected chi connectivity index (χ0v) is 19.3. The Balaban J connectivity index is 1.63. The molecule has 4 aromatic rings. The molecule has 8 heteroatoms. The van der Waals surface area contributed by atoms with Crippen LogP contribution in [0.3, 0.4) is 0 Å². The lowest BCUT2D eigenvalue weighted by atomic mass is 10.1. The third kappa shape index (κ3) is 3.58. The average molecular weight is 462 g/mol. The molecule has 2 aromatic heterocycles. The number of hydrogen-bond donors (Lipinski definition) is 0. The van der Waals surface area contributed by atoms with Crippen molar-refractivity contribution in [2.24, 2.45) is 7.05 Å². The first-order chi connectivity index (χ1) is 16.0. The maximum atomic E-state index is 13.5. The van der Waals surface area contributed by atoms with Crippen molar-refractivity contribution in [3.05, 3.63) is 91.6 Å². The van der Waals surface area contributed by atoms with Gasteiger partial charge in [0.2, 0.25) is 5.95 Å². The largest absolute Gasteiger partial charge is 0.332 e. The van der Waals surface area contributed by atoms with Crippen LogP contribution in [0.2, 0.25) is 5.02 Å². The Morgan fingerprint density at radius 3 is 2.64 bits per heavy atom. The number of aryl methyl sites for hydroxylation is 2. The van der Waals surface area contributed by atoms with Crippen molar-refractivity contribution in [3.8, 4) is 0 Å². The van der Waals surface area contributed by atoms with Crippen LogP contribution >= 0.6 is 11.6 Å². The van der Waals surface area contributed by atoms with Gasteiger partial charge < -0.3 is 9.47 Å². The van der Waals surface area contributed by atoms with E-state index in [1.165, 1.54) is 9.13 Å². The van der Waals surface area contributed by atoms with Crippen molar-refractivity contribution in [2.75, 3.05) is 11.4 Å². The fraction of sp³-hybridized carbons (Fsp3) is 0.240. The van der Waals surface area contributed by atoms with Gasteiger partial charge in [-0.05, 0) is 36.6 Å². The van der Waals surface area contributed by atoms with Crippen molar-refractivity contribution in [1.29, 1.82) is 0 Å². The Morgan fingerprint density at radius 2 is 1.85 bits per heavy atom. The van der Waals surface area contributed by atoms with Crippen LogP contribution in [0, 0.1) is 6.92 Å². The minimum absolute atomic E-state index is 0.188. The molecule has 7 nitrogen and oxygen atoms in total. The predicted octanol–water partition coefficient (Wildman–Crippen LogP) is 4.11. The summed E-state index contributed by atoms with van der Waals surface area (Å²) >= 11 is 6.36. The SMILES string of the molecule is Cc1c(Cl)cccc1N1CCCn2c1nc1c2c(=O)n(C/C=C\c2ccccc2)c(=O)n1C. The lowest BCUT2D eigenvalue weighted by Gasteiger charge is -2.30. The molecule has 1 aliphatic rings. The number of nitrogens with zero attached hydrogens (tertiary/aromatic N) is 5. The van der Waals surface area contributed by atoms with E-state index in [0.717, 1.165) is 29.8 Å². The molecule has 168 valence electrons. The molecule has 1 aliphatic heterocycles. The Kier molecular flexibility index (Phi) is 5.42. The number of halogens is 1. The molecule has 0 bridgehead atoms. The number of anilines is 2. The van der Waals surface area contributed by atoms with Gasteiger partial charge in [0.1, 0.15) is 0 Å². The van der Waals surface area contributed by atoms with Gasteiger partial charge in [0.15, 0.2) is 11.2 Å². The minimum atomic E-state index is -0.383. The lowest BCUT2D eigenvalue weighted by Crippen LogP contribution is -2.39. The zero-order chi connectivity index (χ0) is 23.1. The molecular formula is C25H24ClN5O2. The third-order valence-corrected chi connectivity index (χ3v) is 6.55. The van der Waals surface area contributed by atoms with E-state index >= 15 is 0 Å². The van der Waals surface area contributed by atoms with Crippen LogP contribution in [0.4, 0.5) is 11.6 Å². The van der Waals surface area contributed by atoms with E-state index in [2.05, 4.69) is 4.90 Å². The minimum Gasteiger partial charge on any atom is -0.312 e. The van der Waals surface area contributed by atoms with Crippen LogP contribution in [0.15, 0.2) is 64.2 Å². The van der Waals surface area contributed by atoms with Crippen LogP contribution in [0.25, 0.3) is 17.2 Å². The van der Waals surface area contributed by atoms with E-state index in [1.807, 2.05) is 72.2 Å². The van der Waals surface area contributed by atoms with Gasteiger partial charge in [-0.1, -0.05) is 60.2 Å². The normalized spacial score (nSPS) is 13.7. The van der Waals surface area contributed by atoms with Crippen molar-refractivity contribution in [1.82, 2.24) is 18.7 Å². The predicted molar refractivity (Wildman–Crippen MR) is 133 cm³/mol. The van der Waals surface area contributed by atoms with Gasteiger partial charge in [-0.2, -0.15) is 4.98 Å². The highest BCUT2D eigenvalue weighted by molar-refractivity contribution is 6.31. The second kappa shape index (κ2) is 8.41. The fourth-order valence-corrected chi connectivity index (χ4v) is 4.57. The van der Waals surface area contributed by atoms with Gasteiger partial charge >= 0.3 is 5.69 Å². The summed E-state index contributed by atoms with van der Waals surface area (Å²) in [5.74, 6) is 0.659. The topological polar surface area (TPSA) is 65.1 Å². The van der Waals surface area contributed by atoms with Gasteiger partial charge in [-0.15, -0.1) is 0 Å². The smallest absolute Gasteiger partial charge is 0.312 e. The van der Waals surface area contributed by atoms with Gasteiger partial charge in [-0.3, -0.25) is 13.9 Å². The summed E-state index contributed by atoms with van der Waals surface area (Å²) in [6.45, 7) is 3.58. The van der Waals surface area contributed by atoms with E-state index in [9.17, 15) is 9.59 Å². The first-order valence-corrected chi connectivity index (χ1v) is 11.3. The van der Waals surface area contributed by atoms with E-state index in [4.69, 9.17) is 16.6 Å². The monoisotopic (exact) mass is 461 g/mol. The van der Waals surface area contributed by atoms with E-state index in [1.54, 1.807) is 7.05 Å². The number of benzene rings is 2. The Labute approximate surface area is 195 Å². The summed E-state index contributed by atoms with van der Waals surface area (Å²) in [7, 11) is 1.66. The van der Waals surface area contributed by atoms with Gasteiger partial charge in [0.05, 0.1) is 0 Å². The number of allylic oxidation sites excluding steroid dienone is 1. The van der Waals surface area contributed by atoms with Crippen molar-refractivity contribution >= 4 is 40.5 Å². The third-order valence-electron chi connectivity index (χ3n) is 6.14. The van der Waals surface area contributed by atoms with Crippen LogP contribution < -0.4 is 16.1 Å². The average Bonchev–Trinajstić information content (AvgIpc) is 3.22. The quantitative estimate of drug-likeness (QED) is 0.458. The molecule has 3 heterocycles. The molecule has 0 saturated carbocycles. The van der Waals surface area contributed by atoms with E-state index in [-0.39, 0.29) is 17.8 Å². The van der Waals surface area contributed by atoms with E-state index in [0.29, 0.717) is 28.7 Å². The molecule has 5 rings (SSSR count). The second-order valence-corrected chi connectivity index (χ2v) is 8.60. The van der Waals surface area contributed by atoms with Crippen LogP contribution in [0.5, 0.6) is 0 Å². The van der Waals surface area contributed by atoms with Gasteiger partial charge in [-0.25, -0.2) is 4.79 Å². The molecule has 0 atom stereocenters. The number of rotatable bonds is 4. The molecule has 0 N–H and O–H groups in total. The Bertz CT molecular complexity index is 1500. The van der Waals surface area contributed by atoms with Crippen molar-refractivity contribution in [2.45, 2.75) is 26.4 Å². The maximum Gasteiger partial charge on any atom is 0.332 e. The molecule has 0 saturated heterocycles. The number of hydrogen-bond acceptors (Lipinski definition) is 4. The summed E-state index contributed by atoms with van der Waals surface area (Å²) in [6, 6.07) is 15.6. The summed E-state index contributed by atoms with van der Waals surface area (Å²) in [5, 5.41) is 0.681. The molecule has 0 aliphatic carbocycles. The second-order valence-electron chi connectivity index (χ2n) is 8.20. The molecule has 0 radical (unpaired) electrons. The molecule has 0 fully saturated rings. The molecular weight excluding hydrogens is 438 g/mol. The molecule has 33 heavy (non-hydrogen) atoms. The fourth-order valence-electron chi connectivity index (χ4n) is 4.40. The summed E-state index contributed by atoms with van der Waals surface area (Å²) in [4.78, 5) is 33.3. The maximum absolute atomic E-state index is 13.5. The summed E-state index contributed by atoms with van der Waals surface area (Å²) < 4.78 is 4.65. The summed E-state index contributed by atoms with van der Waals surface area (Å²) in [6.07, 6.45) is 4.59. The van der Waals surface area contributed by atoms with Crippen molar-refractivity contribution in [3.63, 3.8) is 0 Å². The highest BCUT2D eigenvalue weighted by atomic mass is 35.5. The standard InChI is InChI=1S/C25H24ClN5O2/c1-17-19(26)12-6-13-20(17)29-15-8-16-30-21-22(27-24(29)30)28(2)25(33)31(23(21)32)14-7-11-18-9-4-3-5-10-18/h3-7,9-13H,8,14-16H2,1-2H3/b11-7-. The highest BCUT2D eigenvalue weighted by Gasteiger charge is 2.27. The zero-order valence-electron chi connectivity index (χ0n) is 18.5. The van der Waals surface area contributed by atoms with E-state index < -0.39 is 0 Å². The molecule has 2 aromatic carbocycles. The van der Waals surface area contributed by atoms with Crippen molar-refractivity contribution < 1.29 is 0 Å². The first-order valence-electron chi connectivity index (χ1n) is 10.9. The lowest BCUT2D eigenvalue weighted by molar-refractivity contribution is 0.598. The number of fused-ring (bicyclic) bond motifs is 3. The van der Waals surface area contributed by atoms with Crippen LogP contribution in [-0.2, 0) is 20.1 Å². The van der Waals surface area contributed by atoms with Crippen LogP contribution in [-0.4, -0.2) is 25.2 Å². The highest BCUT2D eigenvalue weighted by Crippen LogP contribution is 2.35.